The first-order valence-corrected chi connectivity index (χ1v) is 5.18. The molecule has 90 valence electrons. The Balaban J connectivity index is 2.50. The lowest BCUT2D eigenvalue weighted by Gasteiger charge is -2.03. The quantitative estimate of drug-likeness (QED) is 0.879. The van der Waals surface area contributed by atoms with Crippen LogP contribution < -0.4 is 5.56 Å². The molecule has 8 heteroatoms. The van der Waals surface area contributed by atoms with Gasteiger partial charge in [0.1, 0.15) is 5.69 Å². The maximum atomic E-state index is 12.3. The van der Waals surface area contributed by atoms with E-state index in [1.54, 1.807) is 6.07 Å². The summed E-state index contributed by atoms with van der Waals surface area (Å²) in [5.74, 6) is 0.0914. The molecule has 2 heterocycles. The summed E-state index contributed by atoms with van der Waals surface area (Å²) in [6, 6.07) is 3.48. The van der Waals surface area contributed by atoms with Crippen molar-refractivity contribution in [3.05, 3.63) is 44.9 Å². The molecule has 17 heavy (non-hydrogen) atoms. The number of hydrogen-bond donors (Lipinski definition) is 1. The van der Waals surface area contributed by atoms with Gasteiger partial charge in [0, 0.05) is 16.7 Å². The number of pyridine rings is 1. The fourth-order valence-corrected chi connectivity index (χ4v) is 1.45. The Hall–Kier alpha value is -1.57. The Labute approximate surface area is 101 Å². The molecule has 0 unspecified atom stereocenters. The minimum absolute atomic E-state index is 0.0914. The highest BCUT2D eigenvalue weighted by Crippen LogP contribution is 2.26. The number of nitrogens with zero attached hydrogens (tertiary/aromatic N) is 2. The van der Waals surface area contributed by atoms with Crippen LogP contribution in [0.15, 0.2) is 33.7 Å². The van der Waals surface area contributed by atoms with Crippen LogP contribution in [0.25, 0.3) is 5.82 Å². The molecule has 0 aliphatic rings. The monoisotopic (exact) mass is 307 g/mol. The first-order valence-electron chi connectivity index (χ1n) is 4.39. The zero-order chi connectivity index (χ0) is 12.6. The fraction of sp³-hybridized carbons (Fsp3) is 0.111. The Kier molecular flexibility index (Phi) is 2.82. The van der Waals surface area contributed by atoms with E-state index in [0.29, 0.717) is 10.5 Å². The van der Waals surface area contributed by atoms with Crippen molar-refractivity contribution in [1.82, 2.24) is 14.8 Å². The van der Waals surface area contributed by atoms with Crippen molar-refractivity contribution in [2.45, 2.75) is 6.18 Å². The fourth-order valence-electron chi connectivity index (χ4n) is 1.21. The summed E-state index contributed by atoms with van der Waals surface area (Å²) in [7, 11) is 0. The Morgan fingerprint density at radius 3 is 2.53 bits per heavy atom. The standard InChI is InChI=1S/C9H5BrF3N3O/c10-5-1-2-7(14-4-5)16-8(17)3-6(15-16)9(11,12)13/h1-4,15H. The lowest BCUT2D eigenvalue weighted by Crippen LogP contribution is -2.14. The van der Waals surface area contributed by atoms with E-state index in [-0.39, 0.29) is 5.82 Å². The van der Waals surface area contributed by atoms with Crippen LogP contribution in [0.5, 0.6) is 0 Å². The van der Waals surface area contributed by atoms with E-state index in [9.17, 15) is 18.0 Å². The second-order valence-electron chi connectivity index (χ2n) is 3.18. The van der Waals surface area contributed by atoms with Gasteiger partial charge in [-0.25, -0.2) is 9.67 Å². The van der Waals surface area contributed by atoms with Crippen LogP contribution in [0.2, 0.25) is 0 Å². The number of aromatic nitrogens is 3. The van der Waals surface area contributed by atoms with Crippen LogP contribution in [-0.4, -0.2) is 14.8 Å². The highest BCUT2D eigenvalue weighted by atomic mass is 79.9. The SMILES string of the molecule is O=c1cc(C(F)(F)F)[nH]n1-c1ccc(Br)cn1. The van der Waals surface area contributed by atoms with Crippen molar-refractivity contribution in [2.24, 2.45) is 0 Å². The summed E-state index contributed by atoms with van der Waals surface area (Å²) >= 11 is 3.13. The van der Waals surface area contributed by atoms with Crippen molar-refractivity contribution in [3.63, 3.8) is 0 Å². The summed E-state index contributed by atoms with van der Waals surface area (Å²) < 4.78 is 38.4. The van der Waals surface area contributed by atoms with Gasteiger partial charge in [-0.2, -0.15) is 13.2 Å². The zero-order valence-electron chi connectivity index (χ0n) is 8.12. The maximum absolute atomic E-state index is 12.3. The van der Waals surface area contributed by atoms with Crippen molar-refractivity contribution in [3.8, 4) is 5.82 Å². The summed E-state index contributed by atoms with van der Waals surface area (Å²) in [6.07, 6.45) is -3.20. The van der Waals surface area contributed by atoms with Crippen LogP contribution in [0.3, 0.4) is 0 Å². The maximum Gasteiger partial charge on any atom is 0.432 e. The van der Waals surface area contributed by atoms with Crippen molar-refractivity contribution < 1.29 is 13.2 Å². The average molecular weight is 308 g/mol. The van der Waals surface area contributed by atoms with E-state index in [0.717, 1.165) is 4.68 Å². The Morgan fingerprint density at radius 1 is 1.35 bits per heavy atom. The molecule has 2 aromatic heterocycles. The van der Waals surface area contributed by atoms with Gasteiger partial charge in [-0.05, 0) is 28.1 Å². The third kappa shape index (κ3) is 2.41. The lowest BCUT2D eigenvalue weighted by molar-refractivity contribution is -0.141. The second kappa shape index (κ2) is 4.02. The molecule has 0 aliphatic carbocycles. The Bertz CT molecular complexity index is 585. The van der Waals surface area contributed by atoms with Gasteiger partial charge < -0.3 is 0 Å². The molecule has 4 nitrogen and oxygen atoms in total. The van der Waals surface area contributed by atoms with E-state index < -0.39 is 17.4 Å². The minimum Gasteiger partial charge on any atom is -0.285 e. The van der Waals surface area contributed by atoms with Crippen molar-refractivity contribution in [1.29, 1.82) is 0 Å². The third-order valence-electron chi connectivity index (χ3n) is 1.97. The first kappa shape index (κ1) is 11.9. The van der Waals surface area contributed by atoms with Crippen LogP contribution in [0, 0.1) is 0 Å². The smallest absolute Gasteiger partial charge is 0.285 e. The molecule has 0 aromatic carbocycles. The number of rotatable bonds is 1. The molecule has 1 N–H and O–H groups in total. The highest BCUT2D eigenvalue weighted by molar-refractivity contribution is 9.10. The van der Waals surface area contributed by atoms with E-state index in [2.05, 4.69) is 20.9 Å². The molecule has 0 saturated carbocycles. The highest BCUT2D eigenvalue weighted by Gasteiger charge is 2.33. The molecule has 0 fully saturated rings. The van der Waals surface area contributed by atoms with Gasteiger partial charge in [-0.3, -0.25) is 9.89 Å². The van der Waals surface area contributed by atoms with Crippen molar-refractivity contribution >= 4 is 15.9 Å². The molecule has 0 amide bonds. The number of aromatic amines is 1. The molecular weight excluding hydrogens is 303 g/mol. The number of H-pyrrole nitrogens is 1. The van der Waals surface area contributed by atoms with Crippen molar-refractivity contribution in [2.75, 3.05) is 0 Å². The van der Waals surface area contributed by atoms with Gasteiger partial charge >= 0.3 is 6.18 Å². The molecule has 2 rings (SSSR count). The second-order valence-corrected chi connectivity index (χ2v) is 4.09. The Morgan fingerprint density at radius 2 is 2.06 bits per heavy atom. The predicted molar refractivity (Wildman–Crippen MR) is 56.9 cm³/mol. The number of halogens is 4. The van der Waals surface area contributed by atoms with Crippen LogP contribution in [0.4, 0.5) is 13.2 Å². The lowest BCUT2D eigenvalue weighted by atomic mass is 10.4. The molecule has 0 spiro atoms. The van der Waals surface area contributed by atoms with Crippen LogP contribution >= 0.6 is 15.9 Å². The molecule has 0 bridgehead atoms. The summed E-state index contributed by atoms with van der Waals surface area (Å²) in [5.41, 5.74) is -1.92. The van der Waals surface area contributed by atoms with Gasteiger partial charge in [0.25, 0.3) is 5.56 Å². The minimum atomic E-state index is -4.58. The predicted octanol–water partition coefficient (Wildman–Crippen LogP) is 2.34. The van der Waals surface area contributed by atoms with Gasteiger partial charge in [0.05, 0.1) is 0 Å². The molecule has 0 aliphatic heterocycles. The number of alkyl halides is 3. The van der Waals surface area contributed by atoms with E-state index in [4.69, 9.17) is 0 Å². The van der Waals surface area contributed by atoms with Gasteiger partial charge in [0.2, 0.25) is 0 Å². The van der Waals surface area contributed by atoms with E-state index in [1.165, 1.54) is 12.3 Å². The molecule has 0 saturated heterocycles. The van der Waals surface area contributed by atoms with Gasteiger partial charge in [-0.15, -0.1) is 0 Å². The first-order chi connectivity index (χ1) is 7.88. The van der Waals surface area contributed by atoms with Crippen LogP contribution in [-0.2, 0) is 6.18 Å². The normalized spacial score (nSPS) is 11.8. The zero-order valence-corrected chi connectivity index (χ0v) is 9.71. The molecule has 2 aromatic rings. The molecule has 0 atom stereocenters. The summed E-state index contributed by atoms with van der Waals surface area (Å²) in [6.45, 7) is 0. The largest absolute Gasteiger partial charge is 0.432 e. The average Bonchev–Trinajstić information content (AvgIpc) is 2.61. The number of hydrogen-bond acceptors (Lipinski definition) is 2. The molecular formula is C9H5BrF3N3O. The summed E-state index contributed by atoms with van der Waals surface area (Å²) in [4.78, 5) is 15.2. The molecule has 0 radical (unpaired) electrons. The van der Waals surface area contributed by atoms with E-state index in [1.807, 2.05) is 5.10 Å². The van der Waals surface area contributed by atoms with Gasteiger partial charge in [0.15, 0.2) is 5.82 Å². The topological polar surface area (TPSA) is 50.7 Å². The summed E-state index contributed by atoms with van der Waals surface area (Å²) in [5, 5.41) is 1.96. The third-order valence-corrected chi connectivity index (χ3v) is 2.44. The van der Waals surface area contributed by atoms with E-state index >= 15 is 0 Å². The van der Waals surface area contributed by atoms with Gasteiger partial charge in [-0.1, -0.05) is 0 Å². The van der Waals surface area contributed by atoms with Crippen LogP contribution in [0.1, 0.15) is 5.69 Å². The number of nitrogens with one attached hydrogen (secondary N) is 1.